The molecule has 0 unspecified atom stereocenters. The summed E-state index contributed by atoms with van der Waals surface area (Å²) in [5.74, 6) is 0.701. The second kappa shape index (κ2) is 6.12. The molecule has 2 aromatic carbocycles. The molecule has 1 heterocycles. The summed E-state index contributed by atoms with van der Waals surface area (Å²) < 4.78 is 7.47. The molecule has 0 radical (unpaired) electrons. The van der Waals surface area contributed by atoms with Crippen molar-refractivity contribution in [3.63, 3.8) is 0 Å². The summed E-state index contributed by atoms with van der Waals surface area (Å²) in [6, 6.07) is 13.3. The molecule has 5 nitrogen and oxygen atoms in total. The van der Waals surface area contributed by atoms with Gasteiger partial charge in [0.15, 0.2) is 5.69 Å². The average molecular weight is 310 g/mol. The van der Waals surface area contributed by atoms with E-state index in [-0.39, 0.29) is 11.6 Å². The van der Waals surface area contributed by atoms with Crippen LogP contribution in [-0.4, -0.2) is 16.3 Å². The topological polar surface area (TPSA) is 63.8 Å². The molecule has 0 amide bonds. The van der Waals surface area contributed by atoms with Gasteiger partial charge in [0.1, 0.15) is 12.4 Å². The van der Waals surface area contributed by atoms with Crippen molar-refractivity contribution in [3.05, 3.63) is 58.5 Å². The Morgan fingerprint density at radius 2 is 1.83 bits per heavy atom. The maximum atomic E-state index is 11.1. The minimum absolute atomic E-state index is 0.0830. The zero-order valence-electron chi connectivity index (χ0n) is 13.1. The van der Waals surface area contributed by atoms with Crippen LogP contribution in [0.15, 0.2) is 47.6 Å². The molecule has 1 N–H and O–H groups in total. The van der Waals surface area contributed by atoms with Crippen LogP contribution in [0, 0.1) is 18.8 Å². The summed E-state index contributed by atoms with van der Waals surface area (Å²) in [5.41, 5.74) is 2.93. The number of aryl methyl sites for hydroxylation is 2. The van der Waals surface area contributed by atoms with Gasteiger partial charge in [-0.3, -0.25) is 0 Å². The SMILES string of the molecule is Cc1ccccc1OCCn1c(O)c(N=O)c2cccc(C)c21. The predicted octanol–water partition coefficient (Wildman–Crippen LogP) is 4.44. The molecular formula is C18H18N2O3. The van der Waals surface area contributed by atoms with Gasteiger partial charge in [-0.1, -0.05) is 36.4 Å². The van der Waals surface area contributed by atoms with E-state index in [0.29, 0.717) is 18.5 Å². The molecule has 3 aromatic rings. The molecule has 0 aliphatic rings. The van der Waals surface area contributed by atoms with Crippen molar-refractivity contribution in [2.24, 2.45) is 5.18 Å². The van der Waals surface area contributed by atoms with E-state index >= 15 is 0 Å². The lowest BCUT2D eigenvalue weighted by molar-refractivity contribution is 0.289. The monoisotopic (exact) mass is 310 g/mol. The minimum atomic E-state index is -0.113. The number of nitrogens with zero attached hydrogens (tertiary/aromatic N) is 2. The molecule has 1 aromatic heterocycles. The first-order chi connectivity index (χ1) is 11.1. The van der Waals surface area contributed by atoms with Crippen LogP contribution in [0.1, 0.15) is 11.1 Å². The molecule has 23 heavy (non-hydrogen) atoms. The van der Waals surface area contributed by atoms with Gasteiger partial charge in [-0.15, -0.1) is 4.91 Å². The molecule has 0 aliphatic heterocycles. The van der Waals surface area contributed by atoms with Gasteiger partial charge in [0.2, 0.25) is 5.88 Å². The Morgan fingerprint density at radius 1 is 1.09 bits per heavy atom. The molecule has 0 saturated heterocycles. The number of nitroso groups, excluding NO2 is 1. The Morgan fingerprint density at radius 3 is 2.57 bits per heavy atom. The fraction of sp³-hybridized carbons (Fsp3) is 0.222. The van der Waals surface area contributed by atoms with Crippen LogP contribution in [0.4, 0.5) is 5.69 Å². The molecule has 0 bridgehead atoms. The molecular weight excluding hydrogens is 292 g/mol. The lowest BCUT2D eigenvalue weighted by atomic mass is 10.1. The molecule has 5 heteroatoms. The van der Waals surface area contributed by atoms with Gasteiger partial charge in [0.25, 0.3) is 0 Å². The molecule has 0 spiro atoms. The van der Waals surface area contributed by atoms with Crippen LogP contribution in [0.3, 0.4) is 0 Å². The van der Waals surface area contributed by atoms with Gasteiger partial charge in [0, 0.05) is 5.39 Å². The number of rotatable bonds is 5. The van der Waals surface area contributed by atoms with Crippen LogP contribution in [0.25, 0.3) is 10.9 Å². The summed E-state index contributed by atoms with van der Waals surface area (Å²) in [5, 5.41) is 13.9. The zero-order chi connectivity index (χ0) is 16.4. The Kier molecular flexibility index (Phi) is 4.02. The van der Waals surface area contributed by atoms with E-state index in [9.17, 15) is 10.0 Å². The number of hydrogen-bond donors (Lipinski definition) is 1. The molecule has 118 valence electrons. The fourth-order valence-electron chi connectivity index (χ4n) is 2.84. The molecule has 3 rings (SSSR count). The fourth-order valence-corrected chi connectivity index (χ4v) is 2.84. The van der Waals surface area contributed by atoms with Gasteiger partial charge < -0.3 is 14.4 Å². The Balaban J connectivity index is 1.90. The number of hydrogen-bond acceptors (Lipinski definition) is 4. The van der Waals surface area contributed by atoms with Crippen molar-refractivity contribution >= 4 is 16.6 Å². The second-order valence-electron chi connectivity index (χ2n) is 5.50. The third kappa shape index (κ3) is 2.65. The number of para-hydroxylation sites is 2. The highest BCUT2D eigenvalue weighted by Crippen LogP contribution is 2.39. The highest BCUT2D eigenvalue weighted by Gasteiger charge is 2.18. The van der Waals surface area contributed by atoms with Crippen molar-refractivity contribution in [1.82, 2.24) is 4.57 Å². The number of ether oxygens (including phenoxy) is 1. The first kappa shape index (κ1) is 15.1. The maximum absolute atomic E-state index is 11.1. The van der Waals surface area contributed by atoms with E-state index in [1.54, 1.807) is 10.6 Å². The van der Waals surface area contributed by atoms with Crippen molar-refractivity contribution in [1.29, 1.82) is 0 Å². The summed E-state index contributed by atoms with van der Waals surface area (Å²) in [6.07, 6.45) is 0. The minimum Gasteiger partial charge on any atom is -0.493 e. The third-order valence-electron chi connectivity index (χ3n) is 3.99. The summed E-state index contributed by atoms with van der Waals surface area (Å²) >= 11 is 0. The zero-order valence-corrected chi connectivity index (χ0v) is 13.1. The number of aromatic nitrogens is 1. The van der Waals surface area contributed by atoms with Crippen LogP contribution < -0.4 is 4.74 Å². The molecule has 0 atom stereocenters. The first-order valence-electron chi connectivity index (χ1n) is 7.46. The highest BCUT2D eigenvalue weighted by atomic mass is 16.5. The van der Waals surface area contributed by atoms with Crippen LogP contribution in [-0.2, 0) is 6.54 Å². The van der Waals surface area contributed by atoms with E-state index in [4.69, 9.17) is 4.74 Å². The first-order valence-corrected chi connectivity index (χ1v) is 7.46. The van der Waals surface area contributed by atoms with E-state index in [0.717, 1.165) is 22.4 Å². The smallest absolute Gasteiger partial charge is 0.222 e. The van der Waals surface area contributed by atoms with E-state index in [1.165, 1.54) is 0 Å². The maximum Gasteiger partial charge on any atom is 0.222 e. The van der Waals surface area contributed by atoms with E-state index in [1.807, 2.05) is 50.2 Å². The number of benzene rings is 2. The summed E-state index contributed by atoms with van der Waals surface area (Å²) in [6.45, 7) is 4.73. The van der Waals surface area contributed by atoms with Gasteiger partial charge in [0.05, 0.1) is 12.1 Å². The van der Waals surface area contributed by atoms with Crippen LogP contribution in [0.5, 0.6) is 11.6 Å². The van der Waals surface area contributed by atoms with Crippen molar-refractivity contribution < 1.29 is 9.84 Å². The summed E-state index contributed by atoms with van der Waals surface area (Å²) in [4.78, 5) is 11.1. The normalized spacial score (nSPS) is 10.9. The highest BCUT2D eigenvalue weighted by molar-refractivity contribution is 5.96. The predicted molar refractivity (Wildman–Crippen MR) is 90.5 cm³/mol. The van der Waals surface area contributed by atoms with E-state index in [2.05, 4.69) is 5.18 Å². The standard InChI is InChI=1S/C18H18N2O3/c1-12-6-3-4-9-15(12)23-11-10-20-17-13(2)7-5-8-14(17)16(19-22)18(20)21/h3-9,21H,10-11H2,1-2H3. The largest absolute Gasteiger partial charge is 0.493 e. The Hall–Kier alpha value is -2.82. The lowest BCUT2D eigenvalue weighted by Crippen LogP contribution is -2.08. The van der Waals surface area contributed by atoms with Gasteiger partial charge in [-0.2, -0.15) is 0 Å². The van der Waals surface area contributed by atoms with Gasteiger partial charge >= 0.3 is 0 Å². The van der Waals surface area contributed by atoms with Gasteiger partial charge in [-0.25, -0.2) is 0 Å². The third-order valence-corrected chi connectivity index (χ3v) is 3.99. The van der Waals surface area contributed by atoms with Crippen molar-refractivity contribution in [2.45, 2.75) is 20.4 Å². The Bertz CT molecular complexity index is 868. The Labute approximate surface area is 134 Å². The number of fused-ring (bicyclic) bond motifs is 1. The van der Waals surface area contributed by atoms with Gasteiger partial charge in [-0.05, 0) is 36.2 Å². The lowest BCUT2D eigenvalue weighted by Gasteiger charge is -2.11. The average Bonchev–Trinajstić information content (AvgIpc) is 2.82. The van der Waals surface area contributed by atoms with Crippen molar-refractivity contribution in [2.75, 3.05) is 6.61 Å². The molecule has 0 aliphatic carbocycles. The molecule has 0 saturated carbocycles. The molecule has 0 fully saturated rings. The second-order valence-corrected chi connectivity index (χ2v) is 5.50. The number of aromatic hydroxyl groups is 1. The van der Waals surface area contributed by atoms with E-state index < -0.39 is 0 Å². The quantitative estimate of drug-likeness (QED) is 0.708. The van der Waals surface area contributed by atoms with Crippen LogP contribution in [0.2, 0.25) is 0 Å². The van der Waals surface area contributed by atoms with Crippen LogP contribution >= 0.6 is 0 Å². The summed E-state index contributed by atoms with van der Waals surface area (Å²) in [7, 11) is 0. The van der Waals surface area contributed by atoms with Crippen molar-refractivity contribution in [3.8, 4) is 11.6 Å².